The van der Waals surface area contributed by atoms with Crippen molar-refractivity contribution in [2.45, 2.75) is 26.8 Å². The van der Waals surface area contributed by atoms with Crippen molar-refractivity contribution in [1.29, 1.82) is 0 Å². The van der Waals surface area contributed by atoms with Gasteiger partial charge in [0.15, 0.2) is 0 Å². The molecule has 1 aromatic carbocycles. The van der Waals surface area contributed by atoms with E-state index in [2.05, 4.69) is 21.2 Å². The van der Waals surface area contributed by atoms with Crippen molar-refractivity contribution in [2.24, 2.45) is 0 Å². The van der Waals surface area contributed by atoms with Crippen LogP contribution in [0.3, 0.4) is 0 Å². The van der Waals surface area contributed by atoms with Gasteiger partial charge in [0.25, 0.3) is 0 Å². The number of carbonyl (C=O) groups excluding carboxylic acids is 1. The van der Waals surface area contributed by atoms with Gasteiger partial charge in [-0.3, -0.25) is 9.69 Å². The molecule has 3 rings (SSSR count). The van der Waals surface area contributed by atoms with E-state index in [0.717, 1.165) is 43.4 Å². The SMILES string of the molecule is CCn1cc(C)c(C(=O)O)c1CC(=O)NCCN1CCN(c2cccc(Cl)c2)CC1. The van der Waals surface area contributed by atoms with Gasteiger partial charge in [-0.15, -0.1) is 0 Å². The van der Waals surface area contributed by atoms with Gasteiger partial charge in [0, 0.05) is 68.4 Å². The van der Waals surface area contributed by atoms with Crippen LogP contribution in [0.25, 0.3) is 0 Å². The summed E-state index contributed by atoms with van der Waals surface area (Å²) in [5.41, 5.74) is 2.63. The van der Waals surface area contributed by atoms with Crippen LogP contribution in [0.2, 0.25) is 5.02 Å². The molecule has 1 saturated heterocycles. The smallest absolute Gasteiger partial charge is 0.337 e. The molecule has 1 aromatic heterocycles. The van der Waals surface area contributed by atoms with Crippen LogP contribution in [0, 0.1) is 6.92 Å². The first-order valence-corrected chi connectivity index (χ1v) is 10.7. The fraction of sp³-hybridized carbons (Fsp3) is 0.455. The number of rotatable bonds is 8. The van der Waals surface area contributed by atoms with Gasteiger partial charge < -0.3 is 19.9 Å². The zero-order valence-corrected chi connectivity index (χ0v) is 18.3. The first-order valence-electron chi connectivity index (χ1n) is 10.3. The van der Waals surface area contributed by atoms with Crippen LogP contribution >= 0.6 is 11.6 Å². The number of piperazine rings is 1. The Kier molecular flexibility index (Phi) is 7.39. The molecule has 0 saturated carbocycles. The summed E-state index contributed by atoms with van der Waals surface area (Å²) in [7, 11) is 0. The second kappa shape index (κ2) is 10.00. The number of carboxylic acid groups (broad SMARTS) is 1. The van der Waals surface area contributed by atoms with Crippen LogP contribution in [0.15, 0.2) is 30.5 Å². The molecule has 30 heavy (non-hydrogen) atoms. The number of aromatic carboxylic acids is 1. The van der Waals surface area contributed by atoms with Crippen LogP contribution in [0.5, 0.6) is 0 Å². The summed E-state index contributed by atoms with van der Waals surface area (Å²) in [6.45, 7) is 9.33. The highest BCUT2D eigenvalue weighted by molar-refractivity contribution is 6.30. The summed E-state index contributed by atoms with van der Waals surface area (Å²) in [6.07, 6.45) is 1.87. The third kappa shape index (κ3) is 5.34. The Morgan fingerprint density at radius 1 is 1.20 bits per heavy atom. The molecule has 7 nitrogen and oxygen atoms in total. The molecule has 2 aromatic rings. The number of halogens is 1. The molecule has 0 atom stereocenters. The van der Waals surface area contributed by atoms with E-state index in [1.807, 2.05) is 29.7 Å². The Balaban J connectivity index is 1.45. The Morgan fingerprint density at radius 2 is 1.93 bits per heavy atom. The van der Waals surface area contributed by atoms with E-state index < -0.39 is 5.97 Å². The Morgan fingerprint density at radius 3 is 2.57 bits per heavy atom. The third-order valence-electron chi connectivity index (χ3n) is 5.56. The number of carboxylic acids is 1. The molecule has 0 bridgehead atoms. The number of nitrogens with zero attached hydrogens (tertiary/aromatic N) is 3. The van der Waals surface area contributed by atoms with Gasteiger partial charge in [-0.25, -0.2) is 4.79 Å². The first-order chi connectivity index (χ1) is 14.4. The molecule has 1 aliphatic heterocycles. The number of hydrogen-bond donors (Lipinski definition) is 2. The number of nitrogens with one attached hydrogen (secondary N) is 1. The normalized spacial score (nSPS) is 14.7. The lowest BCUT2D eigenvalue weighted by Gasteiger charge is -2.36. The molecule has 2 N–H and O–H groups in total. The molecule has 1 fully saturated rings. The summed E-state index contributed by atoms with van der Waals surface area (Å²) in [4.78, 5) is 28.6. The molecule has 0 radical (unpaired) electrons. The van der Waals surface area contributed by atoms with Gasteiger partial charge in [0.05, 0.1) is 12.0 Å². The van der Waals surface area contributed by atoms with Gasteiger partial charge in [-0.1, -0.05) is 17.7 Å². The summed E-state index contributed by atoms with van der Waals surface area (Å²) in [5, 5.41) is 13.2. The largest absolute Gasteiger partial charge is 0.478 e. The predicted octanol–water partition coefficient (Wildman–Crippen LogP) is 2.65. The van der Waals surface area contributed by atoms with Crippen molar-refractivity contribution in [3.8, 4) is 0 Å². The second-order valence-corrected chi connectivity index (χ2v) is 8.00. The number of aromatic nitrogens is 1. The molecular weight excluding hydrogens is 404 g/mol. The quantitative estimate of drug-likeness (QED) is 0.670. The Hall–Kier alpha value is -2.51. The molecule has 1 amide bonds. The van der Waals surface area contributed by atoms with Crippen molar-refractivity contribution in [2.75, 3.05) is 44.2 Å². The maximum Gasteiger partial charge on any atom is 0.337 e. The van der Waals surface area contributed by atoms with Crippen LogP contribution in [0.1, 0.15) is 28.5 Å². The zero-order valence-electron chi connectivity index (χ0n) is 17.5. The van der Waals surface area contributed by atoms with E-state index in [4.69, 9.17) is 11.6 Å². The molecular formula is C22H29ClN4O3. The summed E-state index contributed by atoms with van der Waals surface area (Å²) >= 11 is 6.08. The topological polar surface area (TPSA) is 77.8 Å². The molecule has 0 aliphatic carbocycles. The molecule has 2 heterocycles. The Labute approximate surface area is 182 Å². The van der Waals surface area contributed by atoms with Crippen LogP contribution in [-0.4, -0.2) is 65.7 Å². The summed E-state index contributed by atoms with van der Waals surface area (Å²) in [6, 6.07) is 7.89. The molecule has 162 valence electrons. The van der Waals surface area contributed by atoms with E-state index >= 15 is 0 Å². The van der Waals surface area contributed by atoms with Crippen molar-refractivity contribution in [1.82, 2.24) is 14.8 Å². The van der Waals surface area contributed by atoms with E-state index in [1.165, 1.54) is 0 Å². The zero-order chi connectivity index (χ0) is 21.7. The van der Waals surface area contributed by atoms with Gasteiger partial charge >= 0.3 is 5.97 Å². The highest BCUT2D eigenvalue weighted by atomic mass is 35.5. The highest BCUT2D eigenvalue weighted by Crippen LogP contribution is 2.21. The van der Waals surface area contributed by atoms with Crippen molar-refractivity contribution in [3.63, 3.8) is 0 Å². The maximum absolute atomic E-state index is 12.4. The number of benzene rings is 1. The lowest BCUT2D eigenvalue weighted by atomic mass is 10.1. The van der Waals surface area contributed by atoms with Crippen molar-refractivity contribution in [3.05, 3.63) is 52.3 Å². The van der Waals surface area contributed by atoms with Crippen molar-refractivity contribution < 1.29 is 14.7 Å². The fourth-order valence-corrected chi connectivity index (χ4v) is 4.17. The summed E-state index contributed by atoms with van der Waals surface area (Å²) in [5.74, 6) is -1.14. The number of anilines is 1. The average Bonchev–Trinajstić information content (AvgIpc) is 3.03. The fourth-order valence-electron chi connectivity index (χ4n) is 3.98. The van der Waals surface area contributed by atoms with Gasteiger partial charge in [-0.2, -0.15) is 0 Å². The van der Waals surface area contributed by atoms with Crippen LogP contribution < -0.4 is 10.2 Å². The van der Waals surface area contributed by atoms with Gasteiger partial charge in [0.2, 0.25) is 5.91 Å². The predicted molar refractivity (Wildman–Crippen MR) is 119 cm³/mol. The van der Waals surface area contributed by atoms with Crippen LogP contribution in [0.4, 0.5) is 5.69 Å². The molecule has 1 aliphatic rings. The van der Waals surface area contributed by atoms with E-state index in [1.54, 1.807) is 13.1 Å². The minimum atomic E-state index is -0.986. The summed E-state index contributed by atoms with van der Waals surface area (Å²) < 4.78 is 1.84. The van der Waals surface area contributed by atoms with Crippen molar-refractivity contribution >= 4 is 29.2 Å². The first kappa shape index (κ1) is 22.2. The number of hydrogen-bond acceptors (Lipinski definition) is 4. The van der Waals surface area contributed by atoms with E-state index in [9.17, 15) is 14.7 Å². The number of amides is 1. The molecule has 0 spiro atoms. The Bertz CT molecular complexity index is 904. The minimum Gasteiger partial charge on any atom is -0.478 e. The maximum atomic E-state index is 12.4. The molecule has 0 unspecified atom stereocenters. The highest BCUT2D eigenvalue weighted by Gasteiger charge is 2.21. The van der Waals surface area contributed by atoms with Crippen LogP contribution in [-0.2, 0) is 17.8 Å². The standard InChI is InChI=1S/C22H29ClN4O3/c1-3-26-15-16(2)21(22(29)30)19(26)14-20(28)24-7-8-25-9-11-27(12-10-25)18-6-4-5-17(23)13-18/h4-6,13,15H,3,7-12,14H2,1-2H3,(H,24,28)(H,29,30). The van der Waals surface area contributed by atoms with Gasteiger partial charge in [0.1, 0.15) is 0 Å². The number of aryl methyl sites for hydroxylation is 2. The minimum absolute atomic E-state index is 0.0753. The van der Waals surface area contributed by atoms with E-state index in [-0.39, 0.29) is 17.9 Å². The lowest BCUT2D eigenvalue weighted by Crippen LogP contribution is -2.48. The monoisotopic (exact) mass is 432 g/mol. The lowest BCUT2D eigenvalue weighted by molar-refractivity contribution is -0.120. The number of carbonyl (C=O) groups is 2. The second-order valence-electron chi connectivity index (χ2n) is 7.56. The average molecular weight is 433 g/mol. The molecule has 8 heteroatoms. The third-order valence-corrected chi connectivity index (χ3v) is 5.79. The van der Waals surface area contributed by atoms with E-state index in [0.29, 0.717) is 24.3 Å². The van der Waals surface area contributed by atoms with Gasteiger partial charge in [-0.05, 0) is 37.6 Å².